The molecule has 0 aliphatic rings. The number of aromatic nitrogens is 2. The van der Waals surface area contributed by atoms with Gasteiger partial charge in [0.25, 0.3) is 0 Å². The summed E-state index contributed by atoms with van der Waals surface area (Å²) in [7, 11) is 0. The first-order chi connectivity index (χ1) is 9.49. The average Bonchev–Trinajstić information content (AvgIpc) is 2.87. The van der Waals surface area contributed by atoms with E-state index >= 15 is 0 Å². The molecule has 0 fully saturated rings. The zero-order valence-corrected chi connectivity index (χ0v) is 11.2. The summed E-state index contributed by atoms with van der Waals surface area (Å²) in [5.41, 5.74) is 0.544. The molecular formula is C14H16N2O4. The quantitative estimate of drug-likeness (QED) is 0.776. The molecule has 0 spiro atoms. The van der Waals surface area contributed by atoms with Crippen LogP contribution in [0.2, 0.25) is 0 Å². The molecule has 0 radical (unpaired) electrons. The molecule has 3 N–H and O–H groups in total. The first-order valence-corrected chi connectivity index (χ1v) is 6.20. The van der Waals surface area contributed by atoms with Crippen LogP contribution in [0.1, 0.15) is 41.7 Å². The van der Waals surface area contributed by atoms with Gasteiger partial charge in [-0.1, -0.05) is 12.1 Å². The Morgan fingerprint density at radius 3 is 2.50 bits per heavy atom. The van der Waals surface area contributed by atoms with Crippen molar-refractivity contribution in [2.45, 2.75) is 26.1 Å². The zero-order chi connectivity index (χ0) is 14.7. The molecule has 6 heteroatoms. The van der Waals surface area contributed by atoms with Gasteiger partial charge in [0, 0.05) is 0 Å². The van der Waals surface area contributed by atoms with E-state index in [4.69, 9.17) is 9.84 Å². The van der Waals surface area contributed by atoms with Gasteiger partial charge in [-0.2, -0.15) is 0 Å². The maximum atomic E-state index is 11.0. The number of aromatic amines is 1. The molecule has 0 amide bonds. The molecule has 0 aliphatic heterocycles. The number of carboxylic acid groups (broad SMARTS) is 1. The van der Waals surface area contributed by atoms with Gasteiger partial charge >= 0.3 is 5.97 Å². The second kappa shape index (κ2) is 5.75. The number of hydrogen-bond donors (Lipinski definition) is 3. The summed E-state index contributed by atoms with van der Waals surface area (Å²) in [6.45, 7) is 3.85. The standard InChI is InChI=1S/C14H16N2O4/c1-8(2)20-10-5-3-9(4-6-10)13(17)11-12(14(18)19)16-7-15-11/h3-8,13,17H,1-2H3,(H,15,16)(H,18,19). The highest BCUT2D eigenvalue weighted by atomic mass is 16.5. The predicted octanol–water partition coefficient (Wildman–Crippen LogP) is 1.98. The summed E-state index contributed by atoms with van der Waals surface area (Å²) in [6, 6.07) is 6.84. The van der Waals surface area contributed by atoms with Crippen LogP contribution in [0.3, 0.4) is 0 Å². The van der Waals surface area contributed by atoms with Crippen LogP contribution in [0.4, 0.5) is 0 Å². The second-order valence-corrected chi connectivity index (χ2v) is 4.61. The highest BCUT2D eigenvalue weighted by Crippen LogP contribution is 2.24. The Labute approximate surface area is 116 Å². The van der Waals surface area contributed by atoms with Crippen molar-refractivity contribution in [3.63, 3.8) is 0 Å². The molecule has 1 heterocycles. The molecule has 2 rings (SSSR count). The van der Waals surface area contributed by atoms with Gasteiger partial charge in [-0.25, -0.2) is 9.78 Å². The number of imidazole rings is 1. The number of carboxylic acids is 1. The van der Waals surface area contributed by atoms with Gasteiger partial charge in [-0.3, -0.25) is 0 Å². The molecule has 2 aromatic rings. The van der Waals surface area contributed by atoms with Crippen LogP contribution >= 0.6 is 0 Å². The van der Waals surface area contributed by atoms with Crippen molar-refractivity contribution in [2.24, 2.45) is 0 Å². The zero-order valence-electron chi connectivity index (χ0n) is 11.2. The lowest BCUT2D eigenvalue weighted by Crippen LogP contribution is -2.09. The van der Waals surface area contributed by atoms with E-state index in [9.17, 15) is 9.90 Å². The van der Waals surface area contributed by atoms with Gasteiger partial charge in [0.2, 0.25) is 0 Å². The summed E-state index contributed by atoms with van der Waals surface area (Å²) in [6.07, 6.45) is 0.242. The summed E-state index contributed by atoms with van der Waals surface area (Å²) in [4.78, 5) is 17.3. The third-order valence-electron chi connectivity index (χ3n) is 2.71. The van der Waals surface area contributed by atoms with Crippen molar-refractivity contribution in [2.75, 3.05) is 0 Å². The fourth-order valence-corrected chi connectivity index (χ4v) is 1.85. The SMILES string of the molecule is CC(C)Oc1ccc(C(O)c2[nH]cnc2C(=O)O)cc1. The summed E-state index contributed by atoms with van der Waals surface area (Å²) in [5, 5.41) is 19.2. The van der Waals surface area contributed by atoms with Crippen LogP contribution in [-0.4, -0.2) is 32.3 Å². The number of nitrogens with zero attached hydrogens (tertiary/aromatic N) is 1. The maximum absolute atomic E-state index is 11.0. The van der Waals surface area contributed by atoms with Crippen molar-refractivity contribution in [3.05, 3.63) is 47.5 Å². The molecule has 1 unspecified atom stereocenters. The first kappa shape index (κ1) is 14.1. The molecule has 1 atom stereocenters. The van der Waals surface area contributed by atoms with Gasteiger partial charge in [-0.05, 0) is 31.5 Å². The van der Waals surface area contributed by atoms with E-state index in [1.54, 1.807) is 24.3 Å². The third-order valence-corrected chi connectivity index (χ3v) is 2.71. The molecule has 106 valence electrons. The molecule has 20 heavy (non-hydrogen) atoms. The third kappa shape index (κ3) is 2.97. The minimum atomic E-state index is -1.18. The van der Waals surface area contributed by atoms with Gasteiger partial charge in [-0.15, -0.1) is 0 Å². The number of hydrogen-bond acceptors (Lipinski definition) is 4. The monoisotopic (exact) mass is 276 g/mol. The Morgan fingerprint density at radius 2 is 1.95 bits per heavy atom. The molecule has 6 nitrogen and oxygen atoms in total. The van der Waals surface area contributed by atoms with Crippen molar-refractivity contribution < 1.29 is 19.7 Å². The van der Waals surface area contributed by atoms with Gasteiger partial charge in [0.1, 0.15) is 11.9 Å². The fourth-order valence-electron chi connectivity index (χ4n) is 1.85. The molecule has 0 aliphatic carbocycles. The maximum Gasteiger partial charge on any atom is 0.356 e. The average molecular weight is 276 g/mol. The number of ether oxygens (including phenoxy) is 1. The number of H-pyrrole nitrogens is 1. The van der Waals surface area contributed by atoms with E-state index in [1.165, 1.54) is 6.33 Å². The second-order valence-electron chi connectivity index (χ2n) is 4.61. The largest absolute Gasteiger partial charge is 0.491 e. The van der Waals surface area contributed by atoms with E-state index in [2.05, 4.69) is 9.97 Å². The fraction of sp³-hybridized carbons (Fsp3) is 0.286. The molecule has 0 saturated heterocycles. The van der Waals surface area contributed by atoms with E-state index in [-0.39, 0.29) is 17.5 Å². The van der Waals surface area contributed by atoms with Crippen LogP contribution in [0.5, 0.6) is 5.75 Å². The van der Waals surface area contributed by atoms with Gasteiger partial charge in [0.15, 0.2) is 5.69 Å². The Balaban J connectivity index is 2.22. The lowest BCUT2D eigenvalue weighted by molar-refractivity contribution is 0.0685. The van der Waals surface area contributed by atoms with Crippen LogP contribution in [0.15, 0.2) is 30.6 Å². The normalized spacial score (nSPS) is 12.4. The highest BCUT2D eigenvalue weighted by Gasteiger charge is 2.21. The predicted molar refractivity (Wildman–Crippen MR) is 71.8 cm³/mol. The molecule has 1 aromatic carbocycles. The highest BCUT2D eigenvalue weighted by molar-refractivity contribution is 5.86. The van der Waals surface area contributed by atoms with E-state index < -0.39 is 12.1 Å². The van der Waals surface area contributed by atoms with Crippen LogP contribution in [-0.2, 0) is 0 Å². The van der Waals surface area contributed by atoms with Crippen molar-refractivity contribution in [1.29, 1.82) is 0 Å². The number of aliphatic hydroxyl groups is 1. The Bertz CT molecular complexity index is 589. The lowest BCUT2D eigenvalue weighted by Gasteiger charge is -2.13. The number of rotatable bonds is 5. The molecule has 0 bridgehead atoms. The topological polar surface area (TPSA) is 95.4 Å². The van der Waals surface area contributed by atoms with E-state index in [0.717, 1.165) is 0 Å². The van der Waals surface area contributed by atoms with Crippen LogP contribution in [0, 0.1) is 0 Å². The van der Waals surface area contributed by atoms with Crippen molar-refractivity contribution in [1.82, 2.24) is 9.97 Å². The smallest absolute Gasteiger partial charge is 0.356 e. The summed E-state index contributed by atoms with van der Waals surface area (Å²) >= 11 is 0. The van der Waals surface area contributed by atoms with Crippen molar-refractivity contribution in [3.8, 4) is 5.75 Å². The molecular weight excluding hydrogens is 260 g/mol. The van der Waals surface area contributed by atoms with Gasteiger partial charge < -0.3 is 19.9 Å². The Morgan fingerprint density at radius 1 is 1.30 bits per heavy atom. The van der Waals surface area contributed by atoms with Crippen LogP contribution in [0.25, 0.3) is 0 Å². The van der Waals surface area contributed by atoms with E-state index in [0.29, 0.717) is 11.3 Å². The van der Waals surface area contributed by atoms with Gasteiger partial charge in [0.05, 0.1) is 18.1 Å². The Kier molecular flexibility index (Phi) is 4.05. The Hall–Kier alpha value is -2.34. The van der Waals surface area contributed by atoms with Crippen LogP contribution < -0.4 is 4.74 Å². The summed E-state index contributed by atoms with van der Waals surface area (Å²) < 4.78 is 5.51. The molecule has 0 saturated carbocycles. The van der Waals surface area contributed by atoms with E-state index in [1.807, 2.05) is 13.8 Å². The first-order valence-electron chi connectivity index (χ1n) is 6.20. The minimum Gasteiger partial charge on any atom is -0.491 e. The van der Waals surface area contributed by atoms with Crippen molar-refractivity contribution >= 4 is 5.97 Å². The minimum absolute atomic E-state index is 0.0667. The number of benzene rings is 1. The number of aliphatic hydroxyl groups excluding tert-OH is 1. The number of carbonyl (C=O) groups is 1. The molecule has 1 aromatic heterocycles. The summed E-state index contributed by atoms with van der Waals surface area (Å²) in [5.74, 6) is -0.487. The lowest BCUT2D eigenvalue weighted by atomic mass is 10.1. The number of aromatic carboxylic acids is 1. The number of nitrogens with one attached hydrogen (secondary N) is 1.